The molecule has 37 heavy (non-hydrogen) atoms. The molecule has 0 unspecified atom stereocenters. The van der Waals surface area contributed by atoms with Gasteiger partial charge in [-0.25, -0.2) is 4.39 Å². The van der Waals surface area contributed by atoms with Crippen LogP contribution in [0.2, 0.25) is 0 Å². The van der Waals surface area contributed by atoms with Crippen LogP contribution in [-0.2, 0) is 22.7 Å². The number of piperidine rings is 1. The third-order valence-corrected chi connectivity index (χ3v) is 7.08. The van der Waals surface area contributed by atoms with Crippen LogP contribution in [0.3, 0.4) is 0 Å². The lowest BCUT2D eigenvalue weighted by molar-refractivity contribution is -0.124. The van der Waals surface area contributed by atoms with E-state index < -0.39 is 11.7 Å². The minimum Gasteiger partial charge on any atom is -0.361 e. The minimum atomic E-state index is -0.618. The summed E-state index contributed by atoms with van der Waals surface area (Å²) in [6.45, 7) is 5.80. The van der Waals surface area contributed by atoms with Crippen molar-refractivity contribution in [2.45, 2.75) is 39.8 Å². The summed E-state index contributed by atoms with van der Waals surface area (Å²) >= 11 is 0. The number of ether oxygens (including phenoxy) is 1. The SMILES string of the molecule is CCOCn1cc(C(=O)C(=O)N(C)C)c2cc(C(=O)N3CCC(Cc4ccc(F)cc4)CC3)c(C)cc21. The third-order valence-electron chi connectivity index (χ3n) is 7.08. The van der Waals surface area contributed by atoms with Crippen molar-refractivity contribution in [3.63, 3.8) is 0 Å². The largest absolute Gasteiger partial charge is 0.361 e. The Balaban J connectivity index is 1.57. The maximum absolute atomic E-state index is 13.6. The number of likely N-dealkylation sites (tertiary alicyclic amines) is 1. The summed E-state index contributed by atoms with van der Waals surface area (Å²) in [5, 5.41) is 0.569. The quantitative estimate of drug-likeness (QED) is 0.334. The molecule has 1 saturated heterocycles. The number of likely N-dealkylation sites (N-methyl/N-ethyl adjacent to an activating group) is 1. The highest BCUT2D eigenvalue weighted by molar-refractivity contribution is 6.44. The molecule has 0 aliphatic carbocycles. The zero-order chi connectivity index (χ0) is 26.7. The van der Waals surface area contributed by atoms with E-state index in [0.717, 1.165) is 35.9 Å². The number of aromatic nitrogens is 1. The van der Waals surface area contributed by atoms with Crippen LogP contribution < -0.4 is 0 Å². The van der Waals surface area contributed by atoms with Crippen molar-refractivity contribution < 1.29 is 23.5 Å². The van der Waals surface area contributed by atoms with Gasteiger partial charge in [-0.2, -0.15) is 0 Å². The van der Waals surface area contributed by atoms with E-state index in [1.54, 1.807) is 30.9 Å². The second-order valence-corrected chi connectivity index (χ2v) is 9.91. The first-order valence-electron chi connectivity index (χ1n) is 12.7. The monoisotopic (exact) mass is 507 g/mol. The highest BCUT2D eigenvalue weighted by Gasteiger charge is 2.28. The summed E-state index contributed by atoms with van der Waals surface area (Å²) < 4.78 is 20.6. The summed E-state index contributed by atoms with van der Waals surface area (Å²) in [4.78, 5) is 42.1. The molecule has 0 radical (unpaired) electrons. The smallest absolute Gasteiger partial charge is 0.294 e. The molecule has 196 valence electrons. The molecular formula is C29H34FN3O4. The van der Waals surface area contributed by atoms with Gasteiger partial charge >= 0.3 is 0 Å². The highest BCUT2D eigenvalue weighted by atomic mass is 19.1. The van der Waals surface area contributed by atoms with Gasteiger partial charge in [-0.05, 0) is 74.4 Å². The molecule has 2 aromatic carbocycles. The Labute approximate surface area is 216 Å². The van der Waals surface area contributed by atoms with Gasteiger partial charge in [-0.1, -0.05) is 12.1 Å². The highest BCUT2D eigenvalue weighted by Crippen LogP contribution is 2.29. The van der Waals surface area contributed by atoms with E-state index in [0.29, 0.717) is 36.6 Å². The standard InChI is InChI=1S/C29H34FN3O4/c1-5-37-18-33-17-25(27(34)29(36)31(3)4)24-16-23(19(2)14-26(24)33)28(35)32-12-10-21(11-13-32)15-20-6-8-22(30)9-7-20/h6-9,14,16-17,21H,5,10-13,15,18H2,1-4H3. The van der Waals surface area contributed by atoms with Crippen LogP contribution in [-0.4, -0.2) is 65.8 Å². The van der Waals surface area contributed by atoms with Crippen molar-refractivity contribution in [3.05, 3.63) is 70.7 Å². The van der Waals surface area contributed by atoms with Gasteiger partial charge < -0.3 is 19.1 Å². The molecule has 0 spiro atoms. The average molecular weight is 508 g/mol. The molecule has 1 aromatic heterocycles. The van der Waals surface area contributed by atoms with Crippen molar-refractivity contribution in [2.24, 2.45) is 5.92 Å². The Kier molecular flexibility index (Phi) is 8.07. The van der Waals surface area contributed by atoms with E-state index >= 15 is 0 Å². The Bertz CT molecular complexity index is 1300. The first-order valence-corrected chi connectivity index (χ1v) is 12.7. The maximum atomic E-state index is 13.6. The lowest BCUT2D eigenvalue weighted by atomic mass is 9.89. The lowest BCUT2D eigenvalue weighted by Gasteiger charge is -2.32. The molecule has 0 bridgehead atoms. The van der Waals surface area contributed by atoms with Gasteiger partial charge in [0.15, 0.2) is 0 Å². The lowest BCUT2D eigenvalue weighted by Crippen LogP contribution is -2.39. The summed E-state index contributed by atoms with van der Waals surface area (Å²) in [7, 11) is 3.08. The number of amides is 2. The number of fused-ring (bicyclic) bond motifs is 1. The molecule has 7 nitrogen and oxygen atoms in total. The third kappa shape index (κ3) is 5.74. The van der Waals surface area contributed by atoms with Gasteiger partial charge in [0.05, 0.1) is 11.1 Å². The van der Waals surface area contributed by atoms with Crippen LogP contribution in [0, 0.1) is 18.7 Å². The van der Waals surface area contributed by atoms with E-state index in [-0.39, 0.29) is 24.0 Å². The molecule has 8 heteroatoms. The second kappa shape index (κ2) is 11.3. The van der Waals surface area contributed by atoms with Gasteiger partial charge in [0.1, 0.15) is 12.5 Å². The number of ketones is 1. The number of hydrogen-bond acceptors (Lipinski definition) is 4. The Morgan fingerprint density at radius 2 is 1.73 bits per heavy atom. The van der Waals surface area contributed by atoms with Crippen molar-refractivity contribution in [3.8, 4) is 0 Å². The van der Waals surface area contributed by atoms with Crippen LogP contribution >= 0.6 is 0 Å². The molecule has 3 aromatic rings. The Hall–Kier alpha value is -3.52. The second-order valence-electron chi connectivity index (χ2n) is 9.91. The summed E-state index contributed by atoms with van der Waals surface area (Å²) in [6.07, 6.45) is 4.25. The first-order chi connectivity index (χ1) is 17.7. The van der Waals surface area contributed by atoms with Crippen molar-refractivity contribution in [1.82, 2.24) is 14.4 Å². The molecule has 4 rings (SSSR count). The van der Waals surface area contributed by atoms with Gasteiger partial charge in [0, 0.05) is 50.9 Å². The predicted octanol–water partition coefficient (Wildman–Crippen LogP) is 4.45. The van der Waals surface area contributed by atoms with Crippen LogP contribution in [0.15, 0.2) is 42.6 Å². The molecule has 2 heterocycles. The molecule has 1 aliphatic heterocycles. The molecule has 0 saturated carbocycles. The molecule has 0 N–H and O–H groups in total. The molecular weight excluding hydrogens is 473 g/mol. The first kappa shape index (κ1) is 26.5. The number of Topliss-reactive ketones (excluding diaryl/α,β-unsaturated/α-hetero) is 1. The summed E-state index contributed by atoms with van der Waals surface area (Å²) in [6, 6.07) is 10.3. The fraction of sp³-hybridized carbons (Fsp3) is 0.414. The number of hydrogen-bond donors (Lipinski definition) is 0. The van der Waals surface area contributed by atoms with Crippen LogP contribution in [0.1, 0.15) is 51.6 Å². The topological polar surface area (TPSA) is 71.8 Å². The number of halogens is 1. The average Bonchev–Trinajstić information content (AvgIpc) is 3.24. The van der Waals surface area contributed by atoms with Crippen molar-refractivity contribution in [1.29, 1.82) is 0 Å². The van der Waals surface area contributed by atoms with Gasteiger partial charge in [0.2, 0.25) is 0 Å². The number of carbonyl (C=O) groups excluding carboxylic acids is 3. The summed E-state index contributed by atoms with van der Waals surface area (Å²) in [5.74, 6) is -1.11. The van der Waals surface area contributed by atoms with Crippen LogP contribution in [0.25, 0.3) is 10.9 Å². The molecule has 1 aliphatic rings. The normalized spacial score (nSPS) is 14.2. The van der Waals surface area contributed by atoms with Crippen molar-refractivity contribution in [2.75, 3.05) is 33.8 Å². The van der Waals surface area contributed by atoms with E-state index in [4.69, 9.17) is 4.74 Å². The number of rotatable bonds is 8. The fourth-order valence-electron chi connectivity index (χ4n) is 4.93. The van der Waals surface area contributed by atoms with Crippen molar-refractivity contribution >= 4 is 28.5 Å². The van der Waals surface area contributed by atoms with Gasteiger partial charge in [-0.15, -0.1) is 0 Å². The Morgan fingerprint density at radius 1 is 1.05 bits per heavy atom. The molecule has 1 fully saturated rings. The molecule has 0 atom stereocenters. The minimum absolute atomic E-state index is 0.0745. The van der Waals surface area contributed by atoms with E-state index in [2.05, 4.69) is 0 Å². The summed E-state index contributed by atoms with van der Waals surface area (Å²) in [5.41, 5.74) is 3.45. The number of carbonyl (C=O) groups is 3. The zero-order valence-corrected chi connectivity index (χ0v) is 21.9. The predicted molar refractivity (Wildman–Crippen MR) is 140 cm³/mol. The Morgan fingerprint density at radius 3 is 2.35 bits per heavy atom. The number of aryl methyl sites for hydroxylation is 1. The zero-order valence-electron chi connectivity index (χ0n) is 21.9. The molecule has 2 amide bonds. The van der Waals surface area contributed by atoms with E-state index in [1.165, 1.54) is 17.0 Å². The van der Waals surface area contributed by atoms with E-state index in [1.807, 2.05) is 36.9 Å². The van der Waals surface area contributed by atoms with Crippen LogP contribution in [0.4, 0.5) is 4.39 Å². The number of nitrogens with zero attached hydrogens (tertiary/aromatic N) is 3. The van der Waals surface area contributed by atoms with Crippen LogP contribution in [0.5, 0.6) is 0 Å². The number of benzene rings is 2. The van der Waals surface area contributed by atoms with E-state index in [9.17, 15) is 18.8 Å². The van der Waals surface area contributed by atoms with Gasteiger partial charge in [0.25, 0.3) is 17.6 Å². The van der Waals surface area contributed by atoms with Gasteiger partial charge in [-0.3, -0.25) is 14.4 Å². The maximum Gasteiger partial charge on any atom is 0.294 e. The fourth-order valence-corrected chi connectivity index (χ4v) is 4.93.